The molecule has 1 rings (SSSR count). The van der Waals surface area contributed by atoms with Crippen molar-refractivity contribution in [3.8, 4) is 0 Å². The number of aryl methyl sites for hydroxylation is 1. The fraction of sp³-hybridized carbons (Fsp3) is 0.455. The first-order valence-electron chi connectivity index (χ1n) is 5.25. The lowest BCUT2D eigenvalue weighted by atomic mass is 10.1. The average molecular weight is 263 g/mol. The zero-order valence-corrected chi connectivity index (χ0v) is 10.4. The number of rotatable bonds is 5. The minimum absolute atomic E-state index is 0.209. The summed E-state index contributed by atoms with van der Waals surface area (Å²) in [5, 5.41) is 0. The quantitative estimate of drug-likeness (QED) is 0.822. The molecule has 0 fully saturated rings. The van der Waals surface area contributed by atoms with Crippen LogP contribution in [-0.4, -0.2) is 21.2 Å². The Kier molecular flexibility index (Phi) is 4.59. The van der Waals surface area contributed by atoms with Crippen molar-refractivity contribution in [2.45, 2.75) is 24.2 Å². The minimum Gasteiger partial charge on any atom is -0.330 e. The molecule has 3 nitrogen and oxygen atoms in total. The summed E-state index contributed by atoms with van der Waals surface area (Å²) >= 11 is 0. The third-order valence-electron chi connectivity index (χ3n) is 2.40. The molecule has 0 aromatic heterocycles. The lowest BCUT2D eigenvalue weighted by Gasteiger charge is -2.08. The van der Waals surface area contributed by atoms with Crippen molar-refractivity contribution in [3.63, 3.8) is 0 Å². The molecule has 0 radical (unpaired) electrons. The van der Waals surface area contributed by atoms with Gasteiger partial charge in [-0.1, -0.05) is 6.07 Å². The minimum atomic E-state index is -3.89. The predicted molar refractivity (Wildman–Crippen MR) is 61.5 cm³/mol. The molecule has 0 saturated carbocycles. The summed E-state index contributed by atoms with van der Waals surface area (Å²) in [5.41, 5.74) is 5.51. The van der Waals surface area contributed by atoms with Gasteiger partial charge in [0.2, 0.25) is 0 Å². The van der Waals surface area contributed by atoms with Crippen LogP contribution in [-0.2, 0) is 16.3 Å². The standard InChI is InChI=1S/C11H15F2NO2S/c1-17(15,16)11-9(12)6-5-8(10(11)13)4-2-3-7-14/h5-6H,2-4,7,14H2,1H3. The number of unbranched alkanes of at least 4 members (excludes halogenated alkanes) is 1. The molecule has 0 aliphatic rings. The van der Waals surface area contributed by atoms with Crippen molar-refractivity contribution in [1.82, 2.24) is 0 Å². The molecule has 6 heteroatoms. The van der Waals surface area contributed by atoms with Gasteiger partial charge in [-0.25, -0.2) is 17.2 Å². The Morgan fingerprint density at radius 2 is 1.88 bits per heavy atom. The Bertz CT molecular complexity index is 500. The molecule has 17 heavy (non-hydrogen) atoms. The second-order valence-electron chi connectivity index (χ2n) is 3.87. The van der Waals surface area contributed by atoms with Crippen molar-refractivity contribution in [2.24, 2.45) is 5.73 Å². The molecule has 0 bridgehead atoms. The molecule has 0 saturated heterocycles. The van der Waals surface area contributed by atoms with Gasteiger partial charge < -0.3 is 5.73 Å². The van der Waals surface area contributed by atoms with Gasteiger partial charge in [0.05, 0.1) is 0 Å². The van der Waals surface area contributed by atoms with Crippen LogP contribution in [0.5, 0.6) is 0 Å². The first-order valence-corrected chi connectivity index (χ1v) is 7.14. The van der Waals surface area contributed by atoms with E-state index in [0.717, 1.165) is 12.3 Å². The number of sulfone groups is 1. The molecule has 2 N–H and O–H groups in total. The molecule has 0 spiro atoms. The topological polar surface area (TPSA) is 60.2 Å². The lowest BCUT2D eigenvalue weighted by molar-refractivity contribution is 0.510. The van der Waals surface area contributed by atoms with Gasteiger partial charge in [-0.3, -0.25) is 0 Å². The van der Waals surface area contributed by atoms with E-state index in [2.05, 4.69) is 0 Å². The highest BCUT2D eigenvalue weighted by Crippen LogP contribution is 2.22. The van der Waals surface area contributed by atoms with Crippen LogP contribution in [0.2, 0.25) is 0 Å². The van der Waals surface area contributed by atoms with Crippen LogP contribution >= 0.6 is 0 Å². The third kappa shape index (κ3) is 3.47. The molecule has 1 aromatic carbocycles. The molecule has 0 aliphatic carbocycles. The molecule has 0 aliphatic heterocycles. The van der Waals surface area contributed by atoms with Crippen molar-refractivity contribution >= 4 is 9.84 Å². The number of nitrogens with two attached hydrogens (primary N) is 1. The lowest BCUT2D eigenvalue weighted by Crippen LogP contribution is -2.08. The highest BCUT2D eigenvalue weighted by molar-refractivity contribution is 7.90. The van der Waals surface area contributed by atoms with Gasteiger partial charge in [-0.15, -0.1) is 0 Å². The Labute approximate surface area is 99.6 Å². The van der Waals surface area contributed by atoms with Gasteiger partial charge >= 0.3 is 0 Å². The van der Waals surface area contributed by atoms with Crippen LogP contribution in [0.3, 0.4) is 0 Å². The molecule has 0 unspecified atom stereocenters. The van der Waals surface area contributed by atoms with Crippen molar-refractivity contribution in [1.29, 1.82) is 0 Å². The summed E-state index contributed by atoms with van der Waals surface area (Å²) in [6.45, 7) is 0.488. The second kappa shape index (κ2) is 5.55. The van der Waals surface area contributed by atoms with Crippen LogP contribution in [0.4, 0.5) is 8.78 Å². The van der Waals surface area contributed by atoms with Crippen molar-refractivity contribution in [3.05, 3.63) is 29.3 Å². The Morgan fingerprint density at radius 1 is 1.24 bits per heavy atom. The third-order valence-corrected chi connectivity index (χ3v) is 3.52. The molecule has 1 aromatic rings. The number of halogens is 2. The maximum atomic E-state index is 13.8. The van der Waals surface area contributed by atoms with Crippen LogP contribution in [0.25, 0.3) is 0 Å². The van der Waals surface area contributed by atoms with Crippen LogP contribution in [0.1, 0.15) is 18.4 Å². The van der Waals surface area contributed by atoms with Gasteiger partial charge in [-0.05, 0) is 37.4 Å². The van der Waals surface area contributed by atoms with E-state index in [0.29, 0.717) is 25.8 Å². The highest BCUT2D eigenvalue weighted by Gasteiger charge is 2.21. The van der Waals surface area contributed by atoms with Crippen LogP contribution < -0.4 is 5.73 Å². The summed E-state index contributed by atoms with van der Waals surface area (Å²) in [6.07, 6.45) is 2.50. The van der Waals surface area contributed by atoms with Gasteiger partial charge in [0, 0.05) is 6.26 Å². The summed E-state index contributed by atoms with van der Waals surface area (Å²) in [6, 6.07) is 2.26. The number of benzene rings is 1. The molecule has 0 atom stereocenters. The normalized spacial score (nSPS) is 11.8. The number of hydrogen-bond acceptors (Lipinski definition) is 3. The second-order valence-corrected chi connectivity index (χ2v) is 5.82. The van der Waals surface area contributed by atoms with Gasteiger partial charge in [-0.2, -0.15) is 0 Å². The van der Waals surface area contributed by atoms with Crippen LogP contribution in [0, 0.1) is 11.6 Å². The largest absolute Gasteiger partial charge is 0.330 e. The fourth-order valence-electron chi connectivity index (χ4n) is 1.57. The molecule has 0 heterocycles. The summed E-state index contributed by atoms with van der Waals surface area (Å²) in [7, 11) is -3.89. The van der Waals surface area contributed by atoms with E-state index in [1.54, 1.807) is 0 Å². The monoisotopic (exact) mass is 263 g/mol. The van der Waals surface area contributed by atoms with E-state index < -0.39 is 26.4 Å². The maximum absolute atomic E-state index is 13.8. The molecule has 0 amide bonds. The molecular formula is C11H15F2NO2S. The zero-order chi connectivity index (χ0) is 13.1. The first kappa shape index (κ1) is 14.1. The van der Waals surface area contributed by atoms with E-state index in [1.807, 2.05) is 0 Å². The van der Waals surface area contributed by atoms with E-state index in [1.165, 1.54) is 6.07 Å². The fourth-order valence-corrected chi connectivity index (χ4v) is 2.44. The molecular weight excluding hydrogens is 248 g/mol. The summed E-state index contributed by atoms with van der Waals surface area (Å²) in [4.78, 5) is -0.845. The van der Waals surface area contributed by atoms with Crippen molar-refractivity contribution in [2.75, 3.05) is 12.8 Å². The predicted octanol–water partition coefficient (Wildman–Crippen LogP) is 1.65. The van der Waals surface area contributed by atoms with Gasteiger partial charge in [0.1, 0.15) is 16.5 Å². The van der Waals surface area contributed by atoms with E-state index >= 15 is 0 Å². The van der Waals surface area contributed by atoms with Gasteiger partial charge in [0.15, 0.2) is 9.84 Å². The number of hydrogen-bond donors (Lipinski definition) is 1. The first-order chi connectivity index (χ1) is 7.88. The molecule has 96 valence electrons. The summed E-state index contributed by atoms with van der Waals surface area (Å²) in [5.74, 6) is -2.03. The summed E-state index contributed by atoms with van der Waals surface area (Å²) < 4.78 is 49.6. The Balaban J connectivity index is 3.11. The maximum Gasteiger partial charge on any atom is 0.181 e. The van der Waals surface area contributed by atoms with Gasteiger partial charge in [0.25, 0.3) is 0 Å². The van der Waals surface area contributed by atoms with Crippen molar-refractivity contribution < 1.29 is 17.2 Å². The Hall–Kier alpha value is -1.01. The SMILES string of the molecule is CS(=O)(=O)c1c(F)ccc(CCCCN)c1F. The van der Waals surface area contributed by atoms with E-state index in [9.17, 15) is 17.2 Å². The zero-order valence-electron chi connectivity index (χ0n) is 9.54. The Morgan fingerprint density at radius 3 is 2.41 bits per heavy atom. The van der Waals surface area contributed by atoms with Crippen LogP contribution in [0.15, 0.2) is 17.0 Å². The van der Waals surface area contributed by atoms with E-state index in [4.69, 9.17) is 5.73 Å². The van der Waals surface area contributed by atoms with E-state index in [-0.39, 0.29) is 5.56 Å². The average Bonchev–Trinajstić information content (AvgIpc) is 2.19. The highest BCUT2D eigenvalue weighted by atomic mass is 32.2. The smallest absolute Gasteiger partial charge is 0.181 e.